The molecule has 3 heteroatoms. The predicted octanol–water partition coefficient (Wildman–Crippen LogP) is 5.12. The Labute approximate surface area is 121 Å². The highest BCUT2D eigenvalue weighted by Crippen LogP contribution is 2.34. The van der Waals surface area contributed by atoms with Gasteiger partial charge in [0.15, 0.2) is 0 Å². The molecule has 1 aromatic carbocycles. The molecule has 1 nitrogen and oxygen atoms in total. The maximum Gasteiger partial charge on any atom is 0.0627 e. The van der Waals surface area contributed by atoms with E-state index in [-0.39, 0.29) is 0 Å². The van der Waals surface area contributed by atoms with Crippen LogP contribution in [0.4, 0.5) is 0 Å². The van der Waals surface area contributed by atoms with E-state index in [1.165, 1.54) is 0 Å². The van der Waals surface area contributed by atoms with E-state index in [9.17, 15) is 0 Å². The predicted molar refractivity (Wildman–Crippen MR) is 81.8 cm³/mol. The summed E-state index contributed by atoms with van der Waals surface area (Å²) in [5.41, 5.74) is 1.13. The van der Waals surface area contributed by atoms with Crippen LogP contribution in [0.15, 0.2) is 18.2 Å². The molecule has 0 aliphatic heterocycles. The molecule has 1 aromatic rings. The van der Waals surface area contributed by atoms with Gasteiger partial charge >= 0.3 is 0 Å². The van der Waals surface area contributed by atoms with Crippen molar-refractivity contribution in [3.8, 4) is 0 Å². The first kappa shape index (κ1) is 15.8. The van der Waals surface area contributed by atoms with E-state index < -0.39 is 0 Å². The molecule has 0 aliphatic rings. The molecule has 0 bridgehead atoms. The Bertz CT molecular complexity index is 377. The van der Waals surface area contributed by atoms with Crippen molar-refractivity contribution in [1.29, 1.82) is 0 Å². The second-order valence-corrected chi connectivity index (χ2v) is 5.94. The van der Waals surface area contributed by atoms with Crippen LogP contribution in [-0.4, -0.2) is 12.6 Å². The van der Waals surface area contributed by atoms with Gasteiger partial charge in [-0.05, 0) is 36.4 Å². The van der Waals surface area contributed by atoms with Crippen LogP contribution in [0.5, 0.6) is 0 Å². The van der Waals surface area contributed by atoms with Gasteiger partial charge in [0.25, 0.3) is 0 Å². The van der Waals surface area contributed by atoms with Crippen molar-refractivity contribution in [2.24, 2.45) is 5.92 Å². The zero-order valence-electron chi connectivity index (χ0n) is 11.6. The first-order valence-corrected chi connectivity index (χ1v) is 7.41. The van der Waals surface area contributed by atoms with Gasteiger partial charge < -0.3 is 5.32 Å². The lowest BCUT2D eigenvalue weighted by Crippen LogP contribution is -2.38. The molecular formula is C15H23Cl2N. The molecule has 2 atom stereocenters. The van der Waals surface area contributed by atoms with Gasteiger partial charge in [-0.1, -0.05) is 63.0 Å². The summed E-state index contributed by atoms with van der Waals surface area (Å²) in [7, 11) is 0. The van der Waals surface area contributed by atoms with Crippen LogP contribution in [-0.2, 0) is 0 Å². The Morgan fingerprint density at radius 1 is 1.17 bits per heavy atom. The van der Waals surface area contributed by atoms with Crippen LogP contribution in [0.1, 0.15) is 45.6 Å². The molecule has 0 amide bonds. The quantitative estimate of drug-likeness (QED) is 0.766. The lowest BCUT2D eigenvalue weighted by molar-refractivity contribution is 0.354. The Morgan fingerprint density at radius 2 is 1.83 bits per heavy atom. The summed E-state index contributed by atoms with van der Waals surface area (Å²) >= 11 is 12.4. The molecule has 0 spiro atoms. The van der Waals surface area contributed by atoms with E-state index in [0.717, 1.165) is 18.5 Å². The van der Waals surface area contributed by atoms with Crippen LogP contribution in [0.25, 0.3) is 0 Å². The number of benzene rings is 1. The standard InChI is InChI=1S/C15H23Cl2N/c1-5-9-18-15(10(2)3)11(4)12-7-6-8-13(16)14(12)17/h6-8,10-11,15,18H,5,9H2,1-4H3. The molecule has 0 aliphatic carbocycles. The van der Waals surface area contributed by atoms with Crippen molar-refractivity contribution in [2.45, 2.75) is 46.1 Å². The molecule has 18 heavy (non-hydrogen) atoms. The lowest BCUT2D eigenvalue weighted by Gasteiger charge is -2.29. The summed E-state index contributed by atoms with van der Waals surface area (Å²) < 4.78 is 0. The van der Waals surface area contributed by atoms with Crippen LogP contribution in [0.2, 0.25) is 10.0 Å². The Morgan fingerprint density at radius 3 is 2.39 bits per heavy atom. The van der Waals surface area contributed by atoms with Crippen molar-refractivity contribution >= 4 is 23.2 Å². The van der Waals surface area contributed by atoms with Gasteiger partial charge in [0.1, 0.15) is 0 Å². The first-order valence-electron chi connectivity index (χ1n) is 6.66. The fourth-order valence-corrected chi connectivity index (χ4v) is 2.85. The van der Waals surface area contributed by atoms with Gasteiger partial charge in [0.2, 0.25) is 0 Å². The summed E-state index contributed by atoms with van der Waals surface area (Å²) in [5.74, 6) is 0.907. The van der Waals surface area contributed by atoms with Crippen molar-refractivity contribution in [1.82, 2.24) is 5.32 Å². The summed E-state index contributed by atoms with van der Waals surface area (Å²) in [5, 5.41) is 4.94. The zero-order valence-corrected chi connectivity index (χ0v) is 13.1. The van der Waals surface area contributed by atoms with E-state index in [1.54, 1.807) is 0 Å². The maximum absolute atomic E-state index is 6.31. The first-order chi connectivity index (χ1) is 8.49. The maximum atomic E-state index is 6.31. The molecule has 0 fully saturated rings. The normalized spacial score (nSPS) is 14.8. The number of halogens is 2. The Kier molecular flexibility index (Phi) is 6.48. The van der Waals surface area contributed by atoms with Gasteiger partial charge in [-0.3, -0.25) is 0 Å². The zero-order chi connectivity index (χ0) is 13.7. The summed E-state index contributed by atoms with van der Waals surface area (Å²) in [6.07, 6.45) is 1.14. The minimum Gasteiger partial charge on any atom is -0.313 e. The van der Waals surface area contributed by atoms with E-state index >= 15 is 0 Å². The molecule has 1 N–H and O–H groups in total. The van der Waals surface area contributed by atoms with Crippen molar-refractivity contribution < 1.29 is 0 Å². The summed E-state index contributed by atoms with van der Waals surface area (Å²) in [4.78, 5) is 0. The van der Waals surface area contributed by atoms with Crippen LogP contribution in [0, 0.1) is 5.92 Å². The van der Waals surface area contributed by atoms with Gasteiger partial charge in [-0.25, -0.2) is 0 Å². The molecule has 0 radical (unpaired) electrons. The second-order valence-electron chi connectivity index (χ2n) is 5.16. The third kappa shape index (κ3) is 3.88. The van der Waals surface area contributed by atoms with Crippen LogP contribution >= 0.6 is 23.2 Å². The molecule has 102 valence electrons. The third-order valence-corrected chi connectivity index (χ3v) is 4.19. The molecular weight excluding hydrogens is 265 g/mol. The second kappa shape index (κ2) is 7.37. The smallest absolute Gasteiger partial charge is 0.0627 e. The van der Waals surface area contributed by atoms with E-state index in [2.05, 4.69) is 39.1 Å². The van der Waals surface area contributed by atoms with Gasteiger partial charge in [-0.15, -0.1) is 0 Å². The molecule has 0 saturated carbocycles. The Balaban J connectivity index is 2.94. The van der Waals surface area contributed by atoms with E-state index in [4.69, 9.17) is 23.2 Å². The van der Waals surface area contributed by atoms with E-state index in [1.807, 2.05) is 12.1 Å². The average Bonchev–Trinajstić information content (AvgIpc) is 2.32. The van der Waals surface area contributed by atoms with Crippen molar-refractivity contribution in [2.75, 3.05) is 6.54 Å². The fraction of sp³-hybridized carbons (Fsp3) is 0.600. The number of nitrogens with one attached hydrogen (secondary N) is 1. The third-order valence-electron chi connectivity index (χ3n) is 3.36. The highest BCUT2D eigenvalue weighted by Gasteiger charge is 2.23. The van der Waals surface area contributed by atoms with Crippen molar-refractivity contribution in [3.05, 3.63) is 33.8 Å². The van der Waals surface area contributed by atoms with Crippen LogP contribution in [0.3, 0.4) is 0 Å². The Hall–Kier alpha value is -0.240. The molecule has 1 rings (SSSR count). The summed E-state index contributed by atoms with van der Waals surface area (Å²) in [6.45, 7) is 9.90. The average molecular weight is 288 g/mol. The topological polar surface area (TPSA) is 12.0 Å². The number of hydrogen-bond donors (Lipinski definition) is 1. The fourth-order valence-electron chi connectivity index (χ4n) is 2.37. The number of rotatable bonds is 6. The molecule has 0 saturated heterocycles. The largest absolute Gasteiger partial charge is 0.313 e. The van der Waals surface area contributed by atoms with Gasteiger partial charge in [0.05, 0.1) is 10.0 Å². The highest BCUT2D eigenvalue weighted by atomic mass is 35.5. The van der Waals surface area contributed by atoms with Crippen molar-refractivity contribution in [3.63, 3.8) is 0 Å². The lowest BCUT2D eigenvalue weighted by atomic mass is 9.86. The SMILES string of the molecule is CCCNC(C(C)C)C(C)c1cccc(Cl)c1Cl. The van der Waals surface area contributed by atoms with Gasteiger partial charge in [-0.2, -0.15) is 0 Å². The summed E-state index contributed by atoms with van der Waals surface area (Å²) in [6, 6.07) is 6.30. The van der Waals surface area contributed by atoms with Crippen LogP contribution < -0.4 is 5.32 Å². The molecule has 0 aromatic heterocycles. The molecule has 2 unspecified atom stereocenters. The monoisotopic (exact) mass is 287 g/mol. The highest BCUT2D eigenvalue weighted by molar-refractivity contribution is 6.42. The minimum absolute atomic E-state index is 0.350. The number of hydrogen-bond acceptors (Lipinski definition) is 1. The van der Waals surface area contributed by atoms with E-state index in [0.29, 0.717) is 27.9 Å². The van der Waals surface area contributed by atoms with Gasteiger partial charge in [0, 0.05) is 6.04 Å². The molecule has 0 heterocycles. The minimum atomic E-state index is 0.350.